The number of nitrogens with zero attached hydrogens (tertiary/aromatic N) is 3. The Hall–Kier alpha value is -2.78. The van der Waals surface area contributed by atoms with Gasteiger partial charge in [0.25, 0.3) is 5.91 Å². The van der Waals surface area contributed by atoms with Crippen LogP contribution in [0.4, 0.5) is 4.79 Å². The Morgan fingerprint density at radius 2 is 1.89 bits per heavy atom. The van der Waals surface area contributed by atoms with Crippen molar-refractivity contribution >= 4 is 22.0 Å². The molecule has 0 aliphatic rings. The first-order valence-electron chi connectivity index (χ1n) is 8.61. The molecule has 0 saturated carbocycles. The molecule has 0 radical (unpaired) electrons. The summed E-state index contributed by atoms with van der Waals surface area (Å²) in [5, 5.41) is 5.66. The lowest BCUT2D eigenvalue weighted by Gasteiger charge is -2.23. The van der Waals surface area contributed by atoms with Gasteiger partial charge in [-0.2, -0.15) is 0 Å². The van der Waals surface area contributed by atoms with Gasteiger partial charge in [0.1, 0.15) is 11.6 Å². The second-order valence-corrected chi connectivity index (χ2v) is 8.82. The van der Waals surface area contributed by atoms with E-state index in [1.165, 1.54) is 0 Å². The van der Waals surface area contributed by atoms with Crippen LogP contribution in [-0.4, -0.2) is 44.4 Å². The lowest BCUT2D eigenvalue weighted by atomic mass is 10.1. The maximum Gasteiger partial charge on any atom is 0.408 e. The van der Waals surface area contributed by atoms with Gasteiger partial charge in [-0.1, -0.05) is 35.4 Å². The van der Waals surface area contributed by atoms with Crippen LogP contribution >= 0.6 is 0 Å². The summed E-state index contributed by atoms with van der Waals surface area (Å²) in [5.74, 6) is -1.26. The van der Waals surface area contributed by atoms with Gasteiger partial charge in [-0.15, -0.1) is 0 Å². The maximum absolute atomic E-state index is 12.5. The number of ether oxygens (including phenoxy) is 1. The molecule has 0 spiro atoms. The van der Waals surface area contributed by atoms with Gasteiger partial charge >= 0.3 is 6.09 Å². The van der Waals surface area contributed by atoms with Crippen LogP contribution in [0.15, 0.2) is 35.4 Å². The van der Waals surface area contributed by atoms with Crippen LogP contribution < -0.4 is 10.0 Å². The SMILES string of the molecule is CC(C)(C)OC(=O)N[C@@H](Cc1ccccc1)C(=O)NS(=O)(=O)CCCN=[N+]=[N-]. The molecule has 0 heterocycles. The van der Waals surface area contributed by atoms with E-state index in [2.05, 4.69) is 15.3 Å². The van der Waals surface area contributed by atoms with E-state index in [9.17, 15) is 18.0 Å². The number of amides is 2. The van der Waals surface area contributed by atoms with E-state index in [1.807, 2.05) is 4.72 Å². The van der Waals surface area contributed by atoms with E-state index in [-0.39, 0.29) is 25.1 Å². The highest BCUT2D eigenvalue weighted by Gasteiger charge is 2.27. The van der Waals surface area contributed by atoms with Gasteiger partial charge in [0.15, 0.2) is 0 Å². The summed E-state index contributed by atoms with van der Waals surface area (Å²) in [6, 6.07) is 7.70. The van der Waals surface area contributed by atoms with Gasteiger partial charge in [0.2, 0.25) is 10.0 Å². The molecule has 2 N–H and O–H groups in total. The van der Waals surface area contributed by atoms with Crippen LogP contribution in [0.3, 0.4) is 0 Å². The second kappa shape index (κ2) is 10.5. The molecule has 0 aliphatic heterocycles. The highest BCUT2D eigenvalue weighted by atomic mass is 32.2. The first-order valence-corrected chi connectivity index (χ1v) is 10.3. The minimum atomic E-state index is -3.94. The summed E-state index contributed by atoms with van der Waals surface area (Å²) in [6.45, 7) is 5.02. The summed E-state index contributed by atoms with van der Waals surface area (Å²) in [6.07, 6.45) is -0.681. The fourth-order valence-corrected chi connectivity index (χ4v) is 3.21. The average Bonchev–Trinajstić information content (AvgIpc) is 2.57. The highest BCUT2D eigenvalue weighted by Crippen LogP contribution is 2.09. The van der Waals surface area contributed by atoms with Crippen LogP contribution in [-0.2, 0) is 26.0 Å². The first kappa shape index (κ1) is 23.3. The number of sulfonamides is 1. The molecule has 1 aromatic carbocycles. The molecule has 0 saturated heterocycles. The van der Waals surface area contributed by atoms with Gasteiger partial charge < -0.3 is 10.1 Å². The molecule has 28 heavy (non-hydrogen) atoms. The lowest BCUT2D eigenvalue weighted by Crippen LogP contribution is -2.51. The molecule has 10 nitrogen and oxygen atoms in total. The smallest absolute Gasteiger partial charge is 0.408 e. The Labute approximate surface area is 164 Å². The zero-order chi connectivity index (χ0) is 21.2. The fraction of sp³-hybridized carbons (Fsp3) is 0.529. The van der Waals surface area contributed by atoms with Crippen molar-refractivity contribution in [1.82, 2.24) is 10.0 Å². The van der Waals surface area contributed by atoms with E-state index in [0.717, 1.165) is 5.56 Å². The van der Waals surface area contributed by atoms with Gasteiger partial charge in [-0.3, -0.25) is 9.52 Å². The van der Waals surface area contributed by atoms with Gasteiger partial charge in [0, 0.05) is 17.9 Å². The number of hydrogen-bond donors (Lipinski definition) is 2. The van der Waals surface area contributed by atoms with Crippen molar-refractivity contribution in [3.63, 3.8) is 0 Å². The average molecular weight is 411 g/mol. The molecule has 11 heteroatoms. The minimum absolute atomic E-state index is 0.00476. The van der Waals surface area contributed by atoms with Crippen LogP contribution in [0.2, 0.25) is 0 Å². The quantitative estimate of drug-likeness (QED) is 0.276. The molecule has 0 bridgehead atoms. The van der Waals surface area contributed by atoms with Gasteiger partial charge in [-0.25, -0.2) is 13.2 Å². The molecule has 0 aliphatic carbocycles. The Bertz CT molecular complexity index is 814. The van der Waals surface area contributed by atoms with Gasteiger partial charge in [-0.05, 0) is 38.3 Å². The lowest BCUT2D eigenvalue weighted by molar-refractivity contribution is -0.121. The Morgan fingerprint density at radius 1 is 1.25 bits per heavy atom. The van der Waals surface area contributed by atoms with E-state index >= 15 is 0 Å². The normalized spacial score (nSPS) is 12.4. The van der Waals surface area contributed by atoms with Crippen molar-refractivity contribution in [3.8, 4) is 0 Å². The molecule has 1 aromatic rings. The van der Waals surface area contributed by atoms with E-state index in [4.69, 9.17) is 10.3 Å². The second-order valence-electron chi connectivity index (χ2n) is 6.98. The molecular formula is C17H25N5O5S. The monoisotopic (exact) mass is 411 g/mol. The predicted octanol–water partition coefficient (Wildman–Crippen LogP) is 2.27. The topological polar surface area (TPSA) is 150 Å². The molecule has 1 rings (SSSR count). The molecule has 2 amide bonds. The molecule has 154 valence electrons. The Kier molecular flexibility index (Phi) is 8.75. The summed E-state index contributed by atoms with van der Waals surface area (Å²) < 4.78 is 31.2. The number of nitrogens with one attached hydrogen (secondary N) is 2. The Morgan fingerprint density at radius 3 is 2.46 bits per heavy atom. The number of azide groups is 1. The zero-order valence-corrected chi connectivity index (χ0v) is 16.9. The predicted molar refractivity (Wildman–Crippen MR) is 104 cm³/mol. The van der Waals surface area contributed by atoms with Crippen LogP contribution in [0.1, 0.15) is 32.8 Å². The minimum Gasteiger partial charge on any atom is -0.444 e. The van der Waals surface area contributed by atoms with Crippen molar-refractivity contribution < 1.29 is 22.7 Å². The van der Waals surface area contributed by atoms with Gasteiger partial charge in [0.05, 0.1) is 5.75 Å². The van der Waals surface area contributed by atoms with Crippen molar-refractivity contribution in [2.24, 2.45) is 5.11 Å². The van der Waals surface area contributed by atoms with Crippen molar-refractivity contribution in [3.05, 3.63) is 46.3 Å². The van der Waals surface area contributed by atoms with E-state index in [1.54, 1.807) is 51.1 Å². The van der Waals surface area contributed by atoms with E-state index < -0.39 is 33.7 Å². The van der Waals surface area contributed by atoms with Crippen molar-refractivity contribution in [2.45, 2.75) is 45.3 Å². The first-order chi connectivity index (χ1) is 13.0. The summed E-state index contributed by atoms with van der Waals surface area (Å²) in [4.78, 5) is 27.1. The molecule has 0 aromatic heterocycles. The maximum atomic E-state index is 12.5. The number of benzene rings is 1. The van der Waals surface area contributed by atoms with Crippen LogP contribution in [0, 0.1) is 0 Å². The molecule has 0 unspecified atom stereocenters. The van der Waals surface area contributed by atoms with Crippen LogP contribution in [0.5, 0.6) is 0 Å². The zero-order valence-electron chi connectivity index (χ0n) is 16.1. The third-order valence-corrected chi connectivity index (χ3v) is 4.62. The Balaban J connectivity index is 2.85. The fourth-order valence-electron chi connectivity index (χ4n) is 2.15. The largest absolute Gasteiger partial charge is 0.444 e. The summed E-state index contributed by atoms with van der Waals surface area (Å²) >= 11 is 0. The van der Waals surface area contributed by atoms with Crippen molar-refractivity contribution in [1.29, 1.82) is 0 Å². The third kappa shape index (κ3) is 9.79. The standard InChI is InChI=1S/C17H25N5O5S/c1-17(2,3)27-16(24)20-14(12-13-8-5-4-6-9-13)15(23)21-28(25,26)11-7-10-19-22-18/h4-6,8-9,14H,7,10-12H2,1-3H3,(H,20,24)(H,21,23)/t14-/m0/s1. The van der Waals surface area contributed by atoms with E-state index in [0.29, 0.717) is 0 Å². The number of rotatable bonds is 9. The number of alkyl carbamates (subject to hydrolysis) is 1. The highest BCUT2D eigenvalue weighted by molar-refractivity contribution is 7.90. The summed E-state index contributed by atoms with van der Waals surface area (Å²) in [5.41, 5.74) is 8.17. The number of carbonyl (C=O) groups is 2. The molecular weight excluding hydrogens is 386 g/mol. The third-order valence-electron chi connectivity index (χ3n) is 3.28. The molecule has 1 atom stereocenters. The number of carbonyl (C=O) groups excluding carboxylic acids is 2. The molecule has 0 fully saturated rings. The number of hydrogen-bond acceptors (Lipinski definition) is 6. The van der Waals surface area contributed by atoms with Crippen LogP contribution in [0.25, 0.3) is 10.4 Å². The van der Waals surface area contributed by atoms with Crippen molar-refractivity contribution in [2.75, 3.05) is 12.3 Å². The summed E-state index contributed by atoms with van der Waals surface area (Å²) in [7, 11) is -3.94.